The average Bonchev–Trinajstić information content (AvgIpc) is 3.02. The standard InChI is InChI=1S/C22H34O3/c1-19-7-4-14-15-6-9-22(23-10-11-24-22)20(15,2)8-5-16(14)21(19,3)13-18-17(12-19)25-18/h14-18H,4-13H2,1-3H3/t14-,15+,16-,17-,18+,19-,20+,21-/m0/s1. The number of hydrogen-bond donors (Lipinski definition) is 0. The summed E-state index contributed by atoms with van der Waals surface area (Å²) < 4.78 is 18.6. The Bertz CT molecular complexity index is 598. The maximum Gasteiger partial charge on any atom is 0.174 e. The van der Waals surface area contributed by atoms with Gasteiger partial charge in [-0.15, -0.1) is 0 Å². The Labute approximate surface area is 152 Å². The molecule has 6 aliphatic rings. The van der Waals surface area contributed by atoms with E-state index in [2.05, 4.69) is 20.8 Å². The van der Waals surface area contributed by atoms with Crippen LogP contribution in [0.15, 0.2) is 0 Å². The van der Waals surface area contributed by atoms with Gasteiger partial charge in [-0.2, -0.15) is 0 Å². The van der Waals surface area contributed by atoms with Crippen molar-refractivity contribution >= 4 is 0 Å². The molecule has 0 amide bonds. The van der Waals surface area contributed by atoms with Gasteiger partial charge in [0.1, 0.15) is 0 Å². The maximum atomic E-state index is 6.29. The molecule has 6 fully saturated rings. The zero-order valence-electron chi connectivity index (χ0n) is 16.2. The molecule has 3 heteroatoms. The summed E-state index contributed by atoms with van der Waals surface area (Å²) in [5, 5.41) is 0. The largest absolute Gasteiger partial charge is 0.370 e. The third-order valence-corrected chi connectivity index (χ3v) is 10.4. The Morgan fingerprint density at radius 2 is 1.40 bits per heavy atom. The summed E-state index contributed by atoms with van der Waals surface area (Å²) in [5.41, 5.74) is 1.21. The SMILES string of the molecule is C[C@@]12CC[C@H]3[C@H]4CCC5(OCCO5)[C@]4(C)CC[C@@H]3[C@]1(C)C[C@H]1O[C@H]1C2. The first-order valence-electron chi connectivity index (χ1n) is 10.8. The van der Waals surface area contributed by atoms with Crippen LogP contribution in [0.1, 0.15) is 72.1 Å². The molecule has 3 nitrogen and oxygen atoms in total. The van der Waals surface area contributed by atoms with Crippen molar-refractivity contribution in [2.24, 2.45) is 34.0 Å². The van der Waals surface area contributed by atoms with E-state index in [1.807, 2.05) is 0 Å². The minimum Gasteiger partial charge on any atom is -0.370 e. The number of hydrogen-bond acceptors (Lipinski definition) is 3. The van der Waals surface area contributed by atoms with E-state index in [1.54, 1.807) is 0 Å². The van der Waals surface area contributed by atoms with E-state index in [4.69, 9.17) is 14.2 Å². The van der Waals surface area contributed by atoms with Gasteiger partial charge in [-0.1, -0.05) is 20.8 Å². The third-order valence-electron chi connectivity index (χ3n) is 10.4. The molecule has 0 N–H and O–H groups in total. The van der Waals surface area contributed by atoms with Gasteiger partial charge in [0.15, 0.2) is 5.79 Å². The van der Waals surface area contributed by atoms with E-state index >= 15 is 0 Å². The monoisotopic (exact) mass is 346 g/mol. The topological polar surface area (TPSA) is 31.0 Å². The summed E-state index contributed by atoms with van der Waals surface area (Å²) in [6, 6.07) is 0. The molecule has 0 aromatic rings. The second-order valence-electron chi connectivity index (χ2n) is 11.0. The van der Waals surface area contributed by atoms with Crippen LogP contribution in [0.5, 0.6) is 0 Å². The molecule has 8 atom stereocenters. The smallest absolute Gasteiger partial charge is 0.174 e. The second kappa shape index (κ2) is 4.64. The molecule has 140 valence electrons. The Morgan fingerprint density at radius 3 is 2.20 bits per heavy atom. The summed E-state index contributed by atoms with van der Waals surface area (Å²) in [5.74, 6) is 2.30. The molecule has 25 heavy (non-hydrogen) atoms. The van der Waals surface area contributed by atoms with Gasteiger partial charge < -0.3 is 14.2 Å². The summed E-state index contributed by atoms with van der Waals surface area (Å²) in [7, 11) is 0. The Balaban J connectivity index is 1.36. The molecule has 0 unspecified atom stereocenters. The van der Waals surface area contributed by atoms with E-state index in [-0.39, 0.29) is 11.2 Å². The van der Waals surface area contributed by atoms with Crippen molar-refractivity contribution < 1.29 is 14.2 Å². The predicted molar refractivity (Wildman–Crippen MR) is 95.0 cm³/mol. The number of rotatable bonds is 0. The fourth-order valence-corrected chi connectivity index (χ4v) is 8.72. The van der Waals surface area contributed by atoms with E-state index < -0.39 is 0 Å². The number of epoxide rings is 1. The Morgan fingerprint density at radius 1 is 0.720 bits per heavy atom. The molecule has 0 aromatic carbocycles. The number of fused-ring (bicyclic) bond motifs is 7. The van der Waals surface area contributed by atoms with Gasteiger partial charge in [0.25, 0.3) is 0 Å². The highest BCUT2D eigenvalue weighted by Gasteiger charge is 2.70. The molecule has 0 bridgehead atoms. The summed E-state index contributed by atoms with van der Waals surface area (Å²) in [6.45, 7) is 9.33. The zero-order chi connectivity index (χ0) is 17.1. The molecule has 2 heterocycles. The van der Waals surface area contributed by atoms with Crippen molar-refractivity contribution in [1.29, 1.82) is 0 Å². The first kappa shape index (κ1) is 15.9. The van der Waals surface area contributed by atoms with Crippen LogP contribution in [0.3, 0.4) is 0 Å². The van der Waals surface area contributed by atoms with Crippen molar-refractivity contribution in [3.8, 4) is 0 Å². The van der Waals surface area contributed by atoms with Crippen LogP contribution in [0.25, 0.3) is 0 Å². The van der Waals surface area contributed by atoms with E-state index in [1.165, 1.54) is 44.9 Å². The lowest BCUT2D eigenvalue weighted by molar-refractivity contribution is -0.250. The van der Waals surface area contributed by atoms with Crippen molar-refractivity contribution in [2.45, 2.75) is 90.1 Å². The molecule has 2 saturated heterocycles. The lowest BCUT2D eigenvalue weighted by atomic mass is 9.40. The molecule has 4 saturated carbocycles. The highest BCUT2D eigenvalue weighted by atomic mass is 16.7. The first-order chi connectivity index (χ1) is 11.9. The maximum absolute atomic E-state index is 6.29. The van der Waals surface area contributed by atoms with Crippen molar-refractivity contribution in [2.75, 3.05) is 13.2 Å². The molecule has 6 rings (SSSR count). The molecular weight excluding hydrogens is 312 g/mol. The quantitative estimate of drug-likeness (QED) is 0.603. The summed E-state index contributed by atoms with van der Waals surface area (Å²) >= 11 is 0. The second-order valence-corrected chi connectivity index (χ2v) is 11.0. The van der Waals surface area contributed by atoms with Gasteiger partial charge >= 0.3 is 0 Å². The fourth-order valence-electron chi connectivity index (χ4n) is 8.72. The van der Waals surface area contributed by atoms with Crippen LogP contribution in [-0.4, -0.2) is 31.2 Å². The van der Waals surface area contributed by atoms with Crippen LogP contribution in [0.2, 0.25) is 0 Å². The van der Waals surface area contributed by atoms with Gasteiger partial charge in [-0.05, 0) is 73.5 Å². The number of ether oxygens (including phenoxy) is 3. The molecule has 0 aromatic heterocycles. The average molecular weight is 347 g/mol. The third kappa shape index (κ3) is 1.75. The van der Waals surface area contributed by atoms with Gasteiger partial charge in [0.05, 0.1) is 25.4 Å². The molecular formula is C22H34O3. The predicted octanol–water partition coefficient (Wildman–Crippen LogP) is 4.54. The van der Waals surface area contributed by atoms with E-state index in [0.29, 0.717) is 23.0 Å². The first-order valence-corrected chi connectivity index (χ1v) is 10.8. The Kier molecular flexibility index (Phi) is 2.95. The summed E-state index contributed by atoms with van der Waals surface area (Å²) in [6.07, 6.45) is 11.7. The molecule has 0 radical (unpaired) electrons. The zero-order valence-corrected chi connectivity index (χ0v) is 16.2. The van der Waals surface area contributed by atoms with Gasteiger partial charge in [-0.25, -0.2) is 0 Å². The van der Waals surface area contributed by atoms with E-state index in [9.17, 15) is 0 Å². The van der Waals surface area contributed by atoms with Gasteiger partial charge in [0.2, 0.25) is 0 Å². The van der Waals surface area contributed by atoms with Crippen molar-refractivity contribution in [1.82, 2.24) is 0 Å². The van der Waals surface area contributed by atoms with Crippen LogP contribution < -0.4 is 0 Å². The fraction of sp³-hybridized carbons (Fsp3) is 1.00. The molecule has 2 aliphatic heterocycles. The van der Waals surface area contributed by atoms with Gasteiger partial charge in [0, 0.05) is 11.8 Å². The lowest BCUT2D eigenvalue weighted by Crippen LogP contribution is -2.59. The normalized spacial score (nSPS) is 61.3. The van der Waals surface area contributed by atoms with Crippen molar-refractivity contribution in [3.63, 3.8) is 0 Å². The highest BCUT2D eigenvalue weighted by Crippen LogP contribution is 2.73. The van der Waals surface area contributed by atoms with Crippen LogP contribution >= 0.6 is 0 Å². The van der Waals surface area contributed by atoms with Crippen LogP contribution in [-0.2, 0) is 14.2 Å². The minimum absolute atomic E-state index is 0.238. The minimum atomic E-state index is -0.248. The Hall–Kier alpha value is -0.120. The molecule has 1 spiro atoms. The van der Waals surface area contributed by atoms with E-state index in [0.717, 1.165) is 37.4 Å². The molecule has 4 aliphatic carbocycles. The van der Waals surface area contributed by atoms with Crippen molar-refractivity contribution in [3.05, 3.63) is 0 Å². The van der Waals surface area contributed by atoms with Gasteiger partial charge in [-0.3, -0.25) is 0 Å². The highest BCUT2D eigenvalue weighted by molar-refractivity contribution is 5.17. The van der Waals surface area contributed by atoms with Crippen LogP contribution in [0, 0.1) is 34.0 Å². The lowest BCUT2D eigenvalue weighted by Gasteiger charge is -2.64. The summed E-state index contributed by atoms with van der Waals surface area (Å²) in [4.78, 5) is 0. The van der Waals surface area contributed by atoms with Crippen LogP contribution in [0.4, 0.5) is 0 Å².